The van der Waals surface area contributed by atoms with Gasteiger partial charge in [-0.2, -0.15) is 0 Å². The van der Waals surface area contributed by atoms with E-state index in [4.69, 9.17) is 0 Å². The van der Waals surface area contributed by atoms with Crippen LogP contribution in [0.2, 0.25) is 0 Å². The molecule has 19 heavy (non-hydrogen) atoms. The van der Waals surface area contributed by atoms with Crippen molar-refractivity contribution in [3.8, 4) is 0 Å². The Balaban J connectivity index is 1.85. The van der Waals surface area contributed by atoms with E-state index in [0.717, 1.165) is 6.42 Å². The van der Waals surface area contributed by atoms with Crippen LogP contribution in [0.5, 0.6) is 0 Å². The van der Waals surface area contributed by atoms with Gasteiger partial charge in [-0.05, 0) is 54.9 Å². The monoisotopic (exact) mass is 334 g/mol. The first-order valence-corrected chi connectivity index (χ1v) is 8.85. The van der Waals surface area contributed by atoms with E-state index in [1.54, 1.807) is 10.4 Å². The minimum Gasteiger partial charge on any atom is -0.144 e. The number of thiophene rings is 1. The van der Waals surface area contributed by atoms with Gasteiger partial charge in [0, 0.05) is 9.75 Å². The maximum absolute atomic E-state index is 3.88. The summed E-state index contributed by atoms with van der Waals surface area (Å²) in [6.45, 7) is 2.20. The Hall–Kier alpha value is -0.600. The molecule has 100 valence electrons. The standard InChI is InChI=1S/C17H19BrS/c1-2-12-7-9-13(10-8-12)17(18)16-11-14-5-3-4-6-15(14)19-16/h7-11,17H,2-6H2,1H3. The molecule has 0 N–H and O–H groups in total. The van der Waals surface area contributed by atoms with Crippen molar-refractivity contribution in [1.82, 2.24) is 0 Å². The van der Waals surface area contributed by atoms with Crippen molar-refractivity contribution in [3.63, 3.8) is 0 Å². The molecule has 0 saturated carbocycles. The summed E-state index contributed by atoms with van der Waals surface area (Å²) in [5, 5.41) is 0. The van der Waals surface area contributed by atoms with E-state index in [-0.39, 0.29) is 0 Å². The van der Waals surface area contributed by atoms with Gasteiger partial charge < -0.3 is 0 Å². The minimum atomic E-state index is 0.356. The first-order chi connectivity index (χ1) is 9.28. The third kappa shape index (κ3) is 2.80. The fourth-order valence-corrected chi connectivity index (χ4v) is 4.71. The van der Waals surface area contributed by atoms with Gasteiger partial charge in [0.2, 0.25) is 0 Å². The minimum absolute atomic E-state index is 0.356. The molecule has 0 radical (unpaired) electrons. The molecular formula is C17H19BrS. The second kappa shape index (κ2) is 5.80. The Bertz CT molecular complexity index is 530. The normalized spacial score (nSPS) is 16.1. The Morgan fingerprint density at radius 2 is 1.89 bits per heavy atom. The molecular weight excluding hydrogens is 316 g/mol. The number of rotatable bonds is 3. The summed E-state index contributed by atoms with van der Waals surface area (Å²) in [5.41, 5.74) is 4.38. The summed E-state index contributed by atoms with van der Waals surface area (Å²) in [6, 6.07) is 11.4. The molecule has 0 nitrogen and oxygen atoms in total. The molecule has 3 rings (SSSR count). The highest BCUT2D eigenvalue weighted by Crippen LogP contribution is 2.39. The van der Waals surface area contributed by atoms with Crippen molar-refractivity contribution in [2.45, 2.75) is 43.9 Å². The molecule has 1 aromatic heterocycles. The van der Waals surface area contributed by atoms with Gasteiger partial charge in [-0.15, -0.1) is 11.3 Å². The quantitative estimate of drug-likeness (QED) is 0.634. The molecule has 1 aromatic carbocycles. The predicted molar refractivity (Wildman–Crippen MR) is 87.6 cm³/mol. The molecule has 1 atom stereocenters. The van der Waals surface area contributed by atoms with Crippen molar-refractivity contribution in [2.24, 2.45) is 0 Å². The van der Waals surface area contributed by atoms with E-state index >= 15 is 0 Å². The number of aryl methyl sites for hydroxylation is 3. The van der Waals surface area contributed by atoms with Crippen molar-refractivity contribution in [2.75, 3.05) is 0 Å². The Labute approximate surface area is 128 Å². The van der Waals surface area contributed by atoms with Crippen LogP contribution in [0, 0.1) is 0 Å². The van der Waals surface area contributed by atoms with Crippen LogP contribution in [-0.4, -0.2) is 0 Å². The number of hydrogen-bond acceptors (Lipinski definition) is 1. The van der Waals surface area contributed by atoms with Gasteiger partial charge in [-0.25, -0.2) is 0 Å². The molecule has 1 aliphatic carbocycles. The first-order valence-electron chi connectivity index (χ1n) is 7.12. The molecule has 0 bridgehead atoms. The van der Waals surface area contributed by atoms with Crippen LogP contribution >= 0.6 is 27.3 Å². The molecule has 1 heterocycles. The average molecular weight is 335 g/mol. The molecule has 0 spiro atoms. The zero-order valence-electron chi connectivity index (χ0n) is 11.3. The van der Waals surface area contributed by atoms with Gasteiger partial charge in [-0.3, -0.25) is 0 Å². The van der Waals surface area contributed by atoms with Crippen LogP contribution < -0.4 is 0 Å². The molecule has 0 saturated heterocycles. The number of halogens is 1. The maximum atomic E-state index is 3.88. The van der Waals surface area contributed by atoms with Crippen LogP contribution in [0.4, 0.5) is 0 Å². The molecule has 2 aromatic rings. The molecule has 0 amide bonds. The zero-order chi connectivity index (χ0) is 13.2. The highest BCUT2D eigenvalue weighted by molar-refractivity contribution is 9.09. The summed E-state index contributed by atoms with van der Waals surface area (Å²) < 4.78 is 0. The fraction of sp³-hybridized carbons (Fsp3) is 0.412. The van der Waals surface area contributed by atoms with E-state index in [0.29, 0.717) is 4.83 Å². The van der Waals surface area contributed by atoms with Crippen LogP contribution in [-0.2, 0) is 19.3 Å². The van der Waals surface area contributed by atoms with Gasteiger partial charge in [0.05, 0.1) is 4.83 Å². The van der Waals surface area contributed by atoms with Crippen LogP contribution in [0.1, 0.15) is 51.0 Å². The van der Waals surface area contributed by atoms with E-state index in [9.17, 15) is 0 Å². The second-order valence-electron chi connectivity index (χ2n) is 5.26. The van der Waals surface area contributed by atoms with Crippen LogP contribution in [0.25, 0.3) is 0 Å². The second-order valence-corrected chi connectivity index (χ2v) is 7.35. The van der Waals surface area contributed by atoms with Crippen molar-refractivity contribution in [3.05, 3.63) is 56.8 Å². The zero-order valence-corrected chi connectivity index (χ0v) is 13.7. The van der Waals surface area contributed by atoms with Gasteiger partial charge in [0.15, 0.2) is 0 Å². The first kappa shape index (κ1) is 13.4. The molecule has 2 heteroatoms. The van der Waals surface area contributed by atoms with Crippen LogP contribution in [0.15, 0.2) is 30.3 Å². The van der Waals surface area contributed by atoms with Crippen molar-refractivity contribution < 1.29 is 0 Å². The van der Waals surface area contributed by atoms with E-state index in [1.807, 2.05) is 11.3 Å². The van der Waals surface area contributed by atoms with E-state index < -0.39 is 0 Å². The third-order valence-corrected chi connectivity index (χ3v) is 6.57. The lowest BCUT2D eigenvalue weighted by molar-refractivity contribution is 0.697. The highest BCUT2D eigenvalue weighted by atomic mass is 79.9. The molecule has 1 unspecified atom stereocenters. The number of alkyl halides is 1. The average Bonchev–Trinajstić information content (AvgIpc) is 2.90. The Morgan fingerprint density at radius 3 is 2.58 bits per heavy atom. The van der Waals surface area contributed by atoms with Gasteiger partial charge in [0.1, 0.15) is 0 Å². The highest BCUT2D eigenvalue weighted by Gasteiger charge is 2.18. The molecule has 0 fully saturated rings. The smallest absolute Gasteiger partial charge is 0.0738 e. The fourth-order valence-electron chi connectivity index (χ4n) is 2.73. The van der Waals surface area contributed by atoms with Gasteiger partial charge >= 0.3 is 0 Å². The summed E-state index contributed by atoms with van der Waals surface area (Å²) in [7, 11) is 0. The largest absolute Gasteiger partial charge is 0.144 e. The van der Waals surface area contributed by atoms with Crippen molar-refractivity contribution >= 4 is 27.3 Å². The van der Waals surface area contributed by atoms with Gasteiger partial charge in [-0.1, -0.05) is 47.1 Å². The van der Waals surface area contributed by atoms with E-state index in [2.05, 4.69) is 53.2 Å². The summed E-state index contributed by atoms with van der Waals surface area (Å²) in [6.07, 6.45) is 6.40. The Kier molecular flexibility index (Phi) is 4.09. The van der Waals surface area contributed by atoms with Gasteiger partial charge in [0.25, 0.3) is 0 Å². The van der Waals surface area contributed by atoms with Crippen molar-refractivity contribution in [1.29, 1.82) is 0 Å². The van der Waals surface area contributed by atoms with Crippen LogP contribution in [0.3, 0.4) is 0 Å². The number of fused-ring (bicyclic) bond motifs is 1. The maximum Gasteiger partial charge on any atom is 0.0738 e. The lowest BCUT2D eigenvalue weighted by atomic mass is 9.98. The molecule has 1 aliphatic rings. The third-order valence-electron chi connectivity index (χ3n) is 3.95. The number of benzene rings is 1. The SMILES string of the molecule is CCc1ccc(C(Br)c2cc3c(s2)CCCC3)cc1. The van der Waals surface area contributed by atoms with E-state index in [1.165, 1.54) is 41.7 Å². The molecule has 0 aliphatic heterocycles. The lowest BCUT2D eigenvalue weighted by Gasteiger charge is -2.08. The lowest BCUT2D eigenvalue weighted by Crippen LogP contribution is -1.96. The number of hydrogen-bond donors (Lipinski definition) is 0. The topological polar surface area (TPSA) is 0 Å². The summed E-state index contributed by atoms with van der Waals surface area (Å²) in [5.74, 6) is 0. The summed E-state index contributed by atoms with van der Waals surface area (Å²) in [4.78, 5) is 3.45. The summed E-state index contributed by atoms with van der Waals surface area (Å²) >= 11 is 5.88. The predicted octanol–water partition coefficient (Wildman–Crippen LogP) is 5.67. The Morgan fingerprint density at radius 1 is 1.16 bits per heavy atom.